The Bertz CT molecular complexity index is 2000. The average Bonchev–Trinajstić information content (AvgIpc) is 3.15. The number of fused-ring (bicyclic) bond motifs is 1. The summed E-state index contributed by atoms with van der Waals surface area (Å²) in [5, 5.41) is 22.1. The molecule has 1 aromatic heterocycles. The maximum Gasteiger partial charge on any atom is 0.258 e. The van der Waals surface area contributed by atoms with Gasteiger partial charge in [0.15, 0.2) is 0 Å². The van der Waals surface area contributed by atoms with Gasteiger partial charge in [0.25, 0.3) is 5.91 Å². The van der Waals surface area contributed by atoms with Crippen molar-refractivity contribution >= 4 is 22.5 Å². The molecule has 11 heteroatoms. The largest absolute Gasteiger partial charge is 0.497 e. The number of rotatable bonds is 11. The van der Waals surface area contributed by atoms with Crippen molar-refractivity contribution in [2.24, 2.45) is 0 Å². The smallest absolute Gasteiger partial charge is 0.258 e. The lowest BCUT2D eigenvalue weighted by Gasteiger charge is -2.46. The number of ether oxygens (including phenoxy) is 6. The van der Waals surface area contributed by atoms with E-state index in [-0.39, 0.29) is 12.5 Å². The molecule has 4 atom stereocenters. The number of hydrogen-bond acceptors (Lipinski definition) is 10. The van der Waals surface area contributed by atoms with Crippen molar-refractivity contribution in [1.82, 2.24) is 4.98 Å². The van der Waals surface area contributed by atoms with Crippen molar-refractivity contribution in [3.05, 3.63) is 108 Å². The number of aromatic nitrogens is 1. The van der Waals surface area contributed by atoms with Gasteiger partial charge in [0, 0.05) is 29.7 Å². The van der Waals surface area contributed by atoms with E-state index in [0.717, 1.165) is 22.1 Å². The zero-order chi connectivity index (χ0) is 36.3. The number of aliphatic hydroxyl groups is 2. The number of aliphatic hydroxyl groups excluding tert-OH is 2. The molecule has 1 aliphatic rings. The Hall–Kier alpha value is -5.20. The summed E-state index contributed by atoms with van der Waals surface area (Å²) in [6, 6.07) is 27.7. The molecular weight excluding hydrogens is 652 g/mol. The topological polar surface area (TPSA) is 129 Å². The molecule has 6 rings (SSSR count). The summed E-state index contributed by atoms with van der Waals surface area (Å²) in [5.74, 6) is 2.17. The first-order valence-corrected chi connectivity index (χ1v) is 16.5. The van der Waals surface area contributed by atoms with Crippen LogP contribution in [0.4, 0.5) is 5.69 Å². The van der Waals surface area contributed by atoms with Gasteiger partial charge in [0.05, 0.1) is 50.9 Å². The fraction of sp³-hybridized carbons (Fsp3) is 0.300. The van der Waals surface area contributed by atoms with Gasteiger partial charge in [-0.1, -0.05) is 24.3 Å². The lowest BCUT2D eigenvalue weighted by Crippen LogP contribution is -2.63. The highest BCUT2D eigenvalue weighted by Crippen LogP contribution is 2.36. The molecule has 5 aromatic rings. The summed E-state index contributed by atoms with van der Waals surface area (Å²) in [7, 11) is 6.27. The second-order valence-electron chi connectivity index (χ2n) is 12.8. The molecule has 3 unspecified atom stereocenters. The normalized spacial score (nSPS) is 19.7. The lowest BCUT2D eigenvalue weighted by molar-refractivity contribution is -0.305. The monoisotopic (exact) mass is 694 g/mol. The van der Waals surface area contributed by atoms with E-state index < -0.39 is 30.2 Å². The zero-order valence-electron chi connectivity index (χ0n) is 29.4. The van der Waals surface area contributed by atoms with Crippen LogP contribution < -0.4 is 23.8 Å². The number of nitrogens with zero attached hydrogens (tertiary/aromatic N) is 2. The average molecular weight is 695 g/mol. The Morgan fingerprint density at radius 2 is 1.57 bits per heavy atom. The Labute approximate surface area is 296 Å². The highest BCUT2D eigenvalue weighted by Gasteiger charge is 2.50. The van der Waals surface area contributed by atoms with Gasteiger partial charge in [-0.2, -0.15) is 0 Å². The van der Waals surface area contributed by atoms with E-state index in [9.17, 15) is 15.0 Å². The van der Waals surface area contributed by atoms with E-state index in [4.69, 9.17) is 33.4 Å². The molecular formula is C40H42N2O9. The van der Waals surface area contributed by atoms with Crippen LogP contribution in [-0.2, 0) is 16.0 Å². The molecule has 0 saturated carbocycles. The van der Waals surface area contributed by atoms with Gasteiger partial charge in [0.2, 0.25) is 6.29 Å². The quantitative estimate of drug-likeness (QED) is 0.169. The molecule has 2 heterocycles. The Morgan fingerprint density at radius 3 is 2.27 bits per heavy atom. The third-order valence-electron chi connectivity index (χ3n) is 9.08. The number of hydrogen-bond donors (Lipinski definition) is 2. The standard InChI is InChI=1S/C40H42N2O9/c1-40(2)37(49-6)35(43)36(44)39(51-40)50-31-16-12-26-18-28(22-41-33(26)21-31)42(23-24-10-14-29(46-3)15-11-24)38(45)27-13-17-34(48-5)32(20-27)25-8-7-9-30(19-25)47-4/h7-22,35-37,39,43-44H,23H2,1-6H3/t35?,36?,37-,39?/m1/s1. The van der Waals surface area contributed by atoms with Crippen LogP contribution in [-0.4, -0.2) is 79.7 Å². The number of amides is 1. The number of carbonyl (C=O) groups excluding carboxylic acids is 1. The second-order valence-corrected chi connectivity index (χ2v) is 12.8. The molecule has 51 heavy (non-hydrogen) atoms. The van der Waals surface area contributed by atoms with Gasteiger partial charge in [0.1, 0.15) is 41.3 Å². The summed E-state index contributed by atoms with van der Waals surface area (Å²) < 4.78 is 33.8. The van der Waals surface area contributed by atoms with Crippen molar-refractivity contribution < 1.29 is 43.4 Å². The third-order valence-corrected chi connectivity index (χ3v) is 9.08. The Balaban J connectivity index is 1.33. The summed E-state index contributed by atoms with van der Waals surface area (Å²) in [4.78, 5) is 20.8. The fourth-order valence-corrected chi connectivity index (χ4v) is 6.36. The minimum atomic E-state index is -1.34. The van der Waals surface area contributed by atoms with Gasteiger partial charge < -0.3 is 43.5 Å². The van der Waals surface area contributed by atoms with Crippen molar-refractivity contribution in [3.8, 4) is 34.1 Å². The molecule has 0 bridgehead atoms. The molecule has 0 radical (unpaired) electrons. The van der Waals surface area contributed by atoms with Crippen LogP contribution in [0.3, 0.4) is 0 Å². The van der Waals surface area contributed by atoms with Crippen LogP contribution in [0.5, 0.6) is 23.0 Å². The van der Waals surface area contributed by atoms with Gasteiger partial charge in [-0.05, 0) is 85.6 Å². The molecule has 0 aliphatic carbocycles. The van der Waals surface area contributed by atoms with Crippen LogP contribution in [0.15, 0.2) is 97.2 Å². The van der Waals surface area contributed by atoms with Gasteiger partial charge in [-0.3, -0.25) is 9.78 Å². The SMILES string of the molecule is COc1ccc(CN(C(=O)c2ccc(OC)c(-c3cccc(OC)c3)c2)c2cnc3cc(OC4OC(C)(C)[C@H](OC)C(O)C4O)ccc3c2)cc1. The number of pyridine rings is 1. The van der Waals surface area contributed by atoms with Crippen molar-refractivity contribution in [3.63, 3.8) is 0 Å². The highest BCUT2D eigenvalue weighted by molar-refractivity contribution is 6.07. The number of methoxy groups -OCH3 is 4. The first-order valence-electron chi connectivity index (χ1n) is 16.5. The number of carbonyl (C=O) groups is 1. The molecule has 0 spiro atoms. The lowest BCUT2D eigenvalue weighted by atomic mass is 9.89. The maximum absolute atomic E-state index is 14.5. The van der Waals surface area contributed by atoms with Crippen LogP contribution in [0.2, 0.25) is 0 Å². The zero-order valence-corrected chi connectivity index (χ0v) is 29.4. The predicted molar refractivity (Wildman–Crippen MR) is 193 cm³/mol. The van der Waals surface area contributed by atoms with E-state index in [1.54, 1.807) is 70.5 Å². The molecule has 266 valence electrons. The number of benzene rings is 4. The van der Waals surface area contributed by atoms with Gasteiger partial charge in [-0.25, -0.2) is 0 Å². The number of anilines is 1. The van der Waals surface area contributed by atoms with E-state index in [0.29, 0.717) is 39.8 Å². The van der Waals surface area contributed by atoms with E-state index in [1.165, 1.54) is 7.11 Å². The Kier molecular flexibility index (Phi) is 10.4. The maximum atomic E-state index is 14.5. The van der Waals surface area contributed by atoms with Gasteiger partial charge >= 0.3 is 0 Å². The molecule has 1 saturated heterocycles. The fourth-order valence-electron chi connectivity index (χ4n) is 6.36. The van der Waals surface area contributed by atoms with E-state index >= 15 is 0 Å². The predicted octanol–water partition coefficient (Wildman–Crippen LogP) is 6.03. The molecule has 11 nitrogen and oxygen atoms in total. The minimum Gasteiger partial charge on any atom is -0.497 e. The van der Waals surface area contributed by atoms with Crippen molar-refractivity contribution in [2.75, 3.05) is 33.3 Å². The molecule has 2 N–H and O–H groups in total. The highest BCUT2D eigenvalue weighted by atomic mass is 16.7. The Morgan fingerprint density at radius 1 is 0.824 bits per heavy atom. The van der Waals surface area contributed by atoms with E-state index in [1.807, 2.05) is 66.7 Å². The van der Waals surface area contributed by atoms with Crippen LogP contribution in [0.1, 0.15) is 29.8 Å². The van der Waals surface area contributed by atoms with Crippen molar-refractivity contribution in [2.45, 2.75) is 50.6 Å². The summed E-state index contributed by atoms with van der Waals surface area (Å²) in [5.41, 5.74) is 3.20. The minimum absolute atomic E-state index is 0.238. The third kappa shape index (κ3) is 7.47. The van der Waals surface area contributed by atoms with Crippen LogP contribution in [0, 0.1) is 0 Å². The van der Waals surface area contributed by atoms with Gasteiger partial charge in [-0.15, -0.1) is 0 Å². The van der Waals surface area contributed by atoms with Crippen molar-refractivity contribution in [1.29, 1.82) is 0 Å². The van der Waals surface area contributed by atoms with Crippen LogP contribution >= 0.6 is 0 Å². The first-order chi connectivity index (χ1) is 24.5. The second kappa shape index (κ2) is 15.0. The molecule has 1 amide bonds. The first kappa shape index (κ1) is 35.6. The summed E-state index contributed by atoms with van der Waals surface area (Å²) in [6.07, 6.45) is -2.78. The van der Waals surface area contributed by atoms with E-state index in [2.05, 4.69) is 0 Å². The molecule has 1 fully saturated rings. The summed E-state index contributed by atoms with van der Waals surface area (Å²) >= 11 is 0. The van der Waals surface area contributed by atoms with Crippen LogP contribution in [0.25, 0.3) is 22.0 Å². The molecule has 4 aromatic carbocycles. The molecule has 1 aliphatic heterocycles. The summed E-state index contributed by atoms with van der Waals surface area (Å²) in [6.45, 7) is 3.79.